The molecule has 1 unspecified atom stereocenters. The average Bonchev–Trinajstić information content (AvgIpc) is 2.29. The third-order valence-electron chi connectivity index (χ3n) is 2.64. The maximum atomic E-state index is 6.08. The summed E-state index contributed by atoms with van der Waals surface area (Å²) in [6.07, 6.45) is 1.90. The predicted molar refractivity (Wildman–Crippen MR) is 67.4 cm³/mol. The summed E-state index contributed by atoms with van der Waals surface area (Å²) in [5, 5.41) is 0.782. The van der Waals surface area contributed by atoms with Crippen molar-refractivity contribution in [3.63, 3.8) is 0 Å². The minimum atomic E-state index is 0.133. The molecule has 0 radical (unpaired) electrons. The summed E-state index contributed by atoms with van der Waals surface area (Å²) < 4.78 is 5.02. The Bertz CT molecular complexity index is 331. The van der Waals surface area contributed by atoms with Gasteiger partial charge in [0.1, 0.15) is 0 Å². The van der Waals surface area contributed by atoms with Crippen molar-refractivity contribution in [1.82, 2.24) is 5.43 Å². The highest BCUT2D eigenvalue weighted by molar-refractivity contribution is 6.31. The fourth-order valence-corrected chi connectivity index (χ4v) is 1.79. The second-order valence-corrected chi connectivity index (χ2v) is 4.27. The molecule has 3 N–H and O–H groups in total. The Balaban J connectivity index is 2.67. The van der Waals surface area contributed by atoms with Gasteiger partial charge in [-0.2, -0.15) is 0 Å². The molecule has 0 heterocycles. The van der Waals surface area contributed by atoms with Gasteiger partial charge < -0.3 is 4.74 Å². The minimum absolute atomic E-state index is 0.133. The van der Waals surface area contributed by atoms with Crippen LogP contribution in [-0.2, 0) is 4.74 Å². The molecule has 90 valence electrons. The van der Waals surface area contributed by atoms with Gasteiger partial charge in [0.05, 0.1) is 0 Å². The third-order valence-corrected chi connectivity index (χ3v) is 3.05. The summed E-state index contributed by atoms with van der Waals surface area (Å²) in [5.41, 5.74) is 5.01. The second kappa shape index (κ2) is 6.86. The molecular weight excluding hydrogens is 224 g/mol. The number of halogens is 1. The molecule has 0 amide bonds. The maximum absolute atomic E-state index is 6.08. The van der Waals surface area contributed by atoms with Gasteiger partial charge in [0.2, 0.25) is 0 Å². The summed E-state index contributed by atoms with van der Waals surface area (Å²) in [4.78, 5) is 0. The standard InChI is InChI=1S/C12H19ClN2O/c1-9-5-6-10(8-11(9)13)12(15-14)4-3-7-16-2/h5-6,8,12,15H,3-4,7,14H2,1-2H3. The largest absolute Gasteiger partial charge is 0.385 e. The number of rotatable bonds is 6. The Morgan fingerprint density at radius 3 is 2.81 bits per heavy atom. The van der Waals surface area contributed by atoms with Crippen LogP contribution in [0.3, 0.4) is 0 Å². The molecule has 0 aliphatic heterocycles. The van der Waals surface area contributed by atoms with Crippen LogP contribution in [-0.4, -0.2) is 13.7 Å². The van der Waals surface area contributed by atoms with Crippen molar-refractivity contribution in [2.75, 3.05) is 13.7 Å². The van der Waals surface area contributed by atoms with Gasteiger partial charge in [0, 0.05) is 24.8 Å². The van der Waals surface area contributed by atoms with E-state index in [0.717, 1.165) is 35.6 Å². The van der Waals surface area contributed by atoms with Crippen molar-refractivity contribution in [3.05, 3.63) is 34.3 Å². The lowest BCUT2D eigenvalue weighted by Crippen LogP contribution is -2.28. The van der Waals surface area contributed by atoms with Crippen LogP contribution in [0.25, 0.3) is 0 Å². The zero-order valence-corrected chi connectivity index (χ0v) is 10.6. The minimum Gasteiger partial charge on any atom is -0.385 e. The van der Waals surface area contributed by atoms with Crippen LogP contribution in [0.2, 0.25) is 5.02 Å². The first kappa shape index (κ1) is 13.5. The Labute approximate surface area is 102 Å². The van der Waals surface area contributed by atoms with Crippen LogP contribution in [0, 0.1) is 6.92 Å². The zero-order valence-electron chi connectivity index (χ0n) is 9.79. The highest BCUT2D eigenvalue weighted by atomic mass is 35.5. The number of aryl methyl sites for hydroxylation is 1. The molecule has 1 rings (SSSR count). The smallest absolute Gasteiger partial charge is 0.0462 e. The normalized spacial score (nSPS) is 12.8. The SMILES string of the molecule is COCCCC(NN)c1ccc(C)c(Cl)c1. The quantitative estimate of drug-likeness (QED) is 0.458. The fourth-order valence-electron chi connectivity index (χ4n) is 1.60. The van der Waals surface area contributed by atoms with E-state index in [1.165, 1.54) is 0 Å². The van der Waals surface area contributed by atoms with E-state index < -0.39 is 0 Å². The molecule has 4 heteroatoms. The van der Waals surface area contributed by atoms with Crippen LogP contribution in [0.5, 0.6) is 0 Å². The van der Waals surface area contributed by atoms with Crippen molar-refractivity contribution in [2.24, 2.45) is 5.84 Å². The number of hydrogen-bond acceptors (Lipinski definition) is 3. The topological polar surface area (TPSA) is 47.3 Å². The van der Waals surface area contributed by atoms with Gasteiger partial charge in [-0.05, 0) is 37.0 Å². The van der Waals surface area contributed by atoms with E-state index in [2.05, 4.69) is 11.5 Å². The number of nitrogens with one attached hydrogen (secondary N) is 1. The van der Waals surface area contributed by atoms with Crippen LogP contribution in [0.4, 0.5) is 0 Å². The molecular formula is C12H19ClN2O. The first-order valence-electron chi connectivity index (χ1n) is 5.40. The van der Waals surface area contributed by atoms with Crippen LogP contribution < -0.4 is 11.3 Å². The van der Waals surface area contributed by atoms with Crippen molar-refractivity contribution < 1.29 is 4.74 Å². The van der Waals surface area contributed by atoms with Crippen LogP contribution in [0.15, 0.2) is 18.2 Å². The molecule has 3 nitrogen and oxygen atoms in total. The van der Waals surface area contributed by atoms with Crippen LogP contribution >= 0.6 is 11.6 Å². The summed E-state index contributed by atoms with van der Waals surface area (Å²) in [5.74, 6) is 5.54. The number of ether oxygens (including phenoxy) is 1. The van der Waals surface area contributed by atoms with Gasteiger partial charge in [0.25, 0.3) is 0 Å². The molecule has 0 aromatic heterocycles. The molecule has 0 fully saturated rings. The third kappa shape index (κ3) is 3.76. The average molecular weight is 243 g/mol. The number of hydrazine groups is 1. The van der Waals surface area contributed by atoms with E-state index in [-0.39, 0.29) is 6.04 Å². The molecule has 0 saturated carbocycles. The maximum Gasteiger partial charge on any atom is 0.0462 e. The monoisotopic (exact) mass is 242 g/mol. The zero-order chi connectivity index (χ0) is 12.0. The van der Waals surface area contributed by atoms with Gasteiger partial charge in [-0.1, -0.05) is 23.7 Å². The van der Waals surface area contributed by atoms with E-state index in [9.17, 15) is 0 Å². The lowest BCUT2D eigenvalue weighted by atomic mass is 10.0. The molecule has 0 aliphatic carbocycles. The van der Waals surface area contributed by atoms with Gasteiger partial charge in [-0.15, -0.1) is 0 Å². The van der Waals surface area contributed by atoms with Gasteiger partial charge in [0.15, 0.2) is 0 Å². The number of benzene rings is 1. The number of nitrogens with two attached hydrogens (primary N) is 1. The first-order valence-corrected chi connectivity index (χ1v) is 5.78. The van der Waals surface area contributed by atoms with E-state index in [1.807, 2.05) is 19.1 Å². The lowest BCUT2D eigenvalue weighted by Gasteiger charge is -2.16. The summed E-state index contributed by atoms with van der Waals surface area (Å²) in [7, 11) is 1.70. The number of methoxy groups -OCH3 is 1. The van der Waals surface area contributed by atoms with Crippen molar-refractivity contribution in [2.45, 2.75) is 25.8 Å². The molecule has 0 saturated heterocycles. The second-order valence-electron chi connectivity index (χ2n) is 3.86. The van der Waals surface area contributed by atoms with Crippen molar-refractivity contribution in [1.29, 1.82) is 0 Å². The van der Waals surface area contributed by atoms with E-state index in [0.29, 0.717) is 0 Å². The van der Waals surface area contributed by atoms with Crippen LogP contribution in [0.1, 0.15) is 30.0 Å². The first-order chi connectivity index (χ1) is 7.69. The summed E-state index contributed by atoms with van der Waals surface area (Å²) in [6.45, 7) is 2.74. The van der Waals surface area contributed by atoms with E-state index in [4.69, 9.17) is 22.2 Å². The summed E-state index contributed by atoms with van der Waals surface area (Å²) in [6, 6.07) is 6.17. The molecule has 0 spiro atoms. The van der Waals surface area contributed by atoms with Gasteiger partial charge in [-0.25, -0.2) is 0 Å². The Hall–Kier alpha value is -0.610. The molecule has 1 aromatic rings. The fraction of sp³-hybridized carbons (Fsp3) is 0.500. The Morgan fingerprint density at radius 1 is 1.50 bits per heavy atom. The number of hydrogen-bond donors (Lipinski definition) is 2. The van der Waals surface area contributed by atoms with E-state index >= 15 is 0 Å². The van der Waals surface area contributed by atoms with Crippen molar-refractivity contribution >= 4 is 11.6 Å². The molecule has 1 atom stereocenters. The van der Waals surface area contributed by atoms with Crippen molar-refractivity contribution in [3.8, 4) is 0 Å². The predicted octanol–water partition coefficient (Wildman–Crippen LogP) is 2.58. The van der Waals surface area contributed by atoms with Gasteiger partial charge >= 0.3 is 0 Å². The van der Waals surface area contributed by atoms with Gasteiger partial charge in [-0.3, -0.25) is 11.3 Å². The highest BCUT2D eigenvalue weighted by Gasteiger charge is 2.10. The Kier molecular flexibility index (Phi) is 5.77. The Morgan fingerprint density at radius 2 is 2.25 bits per heavy atom. The molecule has 1 aromatic carbocycles. The molecule has 16 heavy (non-hydrogen) atoms. The molecule has 0 aliphatic rings. The van der Waals surface area contributed by atoms with E-state index in [1.54, 1.807) is 7.11 Å². The molecule has 0 bridgehead atoms. The highest BCUT2D eigenvalue weighted by Crippen LogP contribution is 2.23. The lowest BCUT2D eigenvalue weighted by molar-refractivity contribution is 0.189. The summed E-state index contributed by atoms with van der Waals surface area (Å²) >= 11 is 6.08.